The van der Waals surface area contributed by atoms with E-state index < -0.39 is 11.6 Å². The van der Waals surface area contributed by atoms with Crippen LogP contribution >= 0.6 is 11.6 Å². The third kappa shape index (κ3) is 2.87. The van der Waals surface area contributed by atoms with Crippen molar-refractivity contribution in [3.63, 3.8) is 0 Å². The fraction of sp³-hybridized carbons (Fsp3) is 0.364. The molecule has 0 aliphatic rings. The van der Waals surface area contributed by atoms with Gasteiger partial charge in [0.25, 0.3) is 0 Å². The van der Waals surface area contributed by atoms with Crippen molar-refractivity contribution in [2.45, 2.75) is 19.4 Å². The van der Waals surface area contributed by atoms with Crippen molar-refractivity contribution in [2.24, 2.45) is 0 Å². The summed E-state index contributed by atoms with van der Waals surface area (Å²) in [5, 5.41) is 21.7. The second-order valence-corrected chi connectivity index (χ2v) is 4.25. The number of rotatable bonds is 4. The van der Waals surface area contributed by atoms with Crippen molar-refractivity contribution < 1.29 is 15.0 Å². The third-order valence-electron chi connectivity index (χ3n) is 2.35. The highest BCUT2D eigenvalue weighted by atomic mass is 35.5. The quantitative estimate of drug-likeness (QED) is 0.756. The van der Waals surface area contributed by atoms with Gasteiger partial charge < -0.3 is 15.5 Å². The van der Waals surface area contributed by atoms with E-state index in [-0.39, 0.29) is 6.54 Å². The first kappa shape index (κ1) is 12.8. The second-order valence-electron chi connectivity index (χ2n) is 3.84. The highest BCUT2D eigenvalue weighted by Crippen LogP contribution is 2.23. The van der Waals surface area contributed by atoms with Crippen LogP contribution in [0.3, 0.4) is 0 Å². The molecule has 3 N–H and O–H groups in total. The molecule has 0 aliphatic carbocycles. The van der Waals surface area contributed by atoms with Crippen molar-refractivity contribution in [3.8, 4) is 0 Å². The van der Waals surface area contributed by atoms with Crippen LogP contribution in [0.4, 0.5) is 5.69 Å². The maximum Gasteiger partial charge on any atom is 0.337 e. The Morgan fingerprint density at radius 2 is 2.19 bits per heavy atom. The predicted octanol–water partition coefficient (Wildman–Crippen LogP) is 1.90. The molecule has 0 radical (unpaired) electrons. The van der Waals surface area contributed by atoms with E-state index >= 15 is 0 Å². The molecular weight excluding hydrogens is 230 g/mol. The molecule has 0 fully saturated rings. The summed E-state index contributed by atoms with van der Waals surface area (Å²) in [5.41, 5.74) is -0.256. The Labute approximate surface area is 98.9 Å². The molecule has 1 aromatic rings. The average Bonchev–Trinajstić information content (AvgIpc) is 2.20. The highest BCUT2D eigenvalue weighted by Gasteiger charge is 2.29. The Hall–Kier alpha value is -1.26. The Bertz CT molecular complexity index is 404. The lowest BCUT2D eigenvalue weighted by Crippen LogP contribution is -2.41. The number of hydrogen-bond donors (Lipinski definition) is 3. The van der Waals surface area contributed by atoms with Gasteiger partial charge in [0.05, 0.1) is 6.54 Å². The molecule has 0 saturated carbocycles. The number of carboxylic acids is 1. The topological polar surface area (TPSA) is 69.6 Å². The first-order valence-electron chi connectivity index (χ1n) is 4.79. The number of nitrogens with one attached hydrogen (secondary N) is 1. The number of aliphatic carboxylic acids is 1. The molecule has 0 bridgehead atoms. The number of carboxylic acid groups (broad SMARTS) is 1. The number of anilines is 1. The van der Waals surface area contributed by atoms with Crippen molar-refractivity contribution in [3.05, 3.63) is 28.8 Å². The van der Waals surface area contributed by atoms with E-state index in [1.54, 1.807) is 18.2 Å². The van der Waals surface area contributed by atoms with E-state index in [1.165, 1.54) is 6.92 Å². The molecule has 0 spiro atoms. The number of benzene rings is 1. The van der Waals surface area contributed by atoms with Crippen molar-refractivity contribution in [1.82, 2.24) is 0 Å². The van der Waals surface area contributed by atoms with Crippen molar-refractivity contribution in [1.29, 1.82) is 0 Å². The van der Waals surface area contributed by atoms with Gasteiger partial charge in [-0.15, -0.1) is 0 Å². The van der Waals surface area contributed by atoms with E-state index in [0.717, 1.165) is 5.56 Å². The van der Waals surface area contributed by atoms with Crippen LogP contribution in [-0.4, -0.2) is 28.3 Å². The van der Waals surface area contributed by atoms with Gasteiger partial charge in [-0.3, -0.25) is 0 Å². The fourth-order valence-corrected chi connectivity index (χ4v) is 1.32. The maximum absolute atomic E-state index is 10.7. The van der Waals surface area contributed by atoms with Gasteiger partial charge >= 0.3 is 5.97 Å². The third-order valence-corrected chi connectivity index (χ3v) is 2.76. The predicted molar refractivity (Wildman–Crippen MR) is 62.9 cm³/mol. The lowest BCUT2D eigenvalue weighted by Gasteiger charge is -2.20. The molecule has 0 amide bonds. The summed E-state index contributed by atoms with van der Waals surface area (Å²) in [5.74, 6) is -1.26. The van der Waals surface area contributed by atoms with E-state index in [4.69, 9.17) is 16.7 Å². The minimum atomic E-state index is -1.80. The number of halogens is 1. The SMILES string of the molecule is Cc1c(Cl)cccc1NCC(C)(O)C(=O)O. The van der Waals surface area contributed by atoms with Gasteiger partial charge in [0.15, 0.2) is 5.60 Å². The van der Waals surface area contributed by atoms with E-state index in [2.05, 4.69) is 5.32 Å². The van der Waals surface area contributed by atoms with Crippen LogP contribution in [0.25, 0.3) is 0 Å². The molecule has 0 aliphatic heterocycles. The zero-order valence-corrected chi connectivity index (χ0v) is 9.88. The number of carbonyl (C=O) groups is 1. The maximum atomic E-state index is 10.7. The minimum absolute atomic E-state index is 0.0798. The van der Waals surface area contributed by atoms with Crippen LogP contribution in [0.2, 0.25) is 5.02 Å². The Morgan fingerprint density at radius 3 is 2.75 bits per heavy atom. The molecule has 88 valence electrons. The first-order chi connectivity index (χ1) is 7.34. The normalized spacial score (nSPS) is 14.2. The largest absolute Gasteiger partial charge is 0.479 e. The Kier molecular flexibility index (Phi) is 3.78. The molecule has 1 unspecified atom stereocenters. The molecule has 0 saturated heterocycles. The van der Waals surface area contributed by atoms with Gasteiger partial charge in [0.1, 0.15) is 0 Å². The fourth-order valence-electron chi connectivity index (χ4n) is 1.14. The summed E-state index contributed by atoms with van der Waals surface area (Å²) in [7, 11) is 0. The summed E-state index contributed by atoms with van der Waals surface area (Å²) in [6, 6.07) is 5.28. The van der Waals surface area contributed by atoms with Crippen molar-refractivity contribution in [2.75, 3.05) is 11.9 Å². The molecule has 5 heteroatoms. The summed E-state index contributed by atoms with van der Waals surface area (Å²) < 4.78 is 0. The summed E-state index contributed by atoms with van der Waals surface area (Å²) in [4.78, 5) is 10.7. The van der Waals surface area contributed by atoms with E-state index in [9.17, 15) is 9.90 Å². The van der Waals surface area contributed by atoms with Crippen LogP contribution in [0.15, 0.2) is 18.2 Å². The van der Waals surface area contributed by atoms with E-state index in [1.807, 2.05) is 6.92 Å². The number of aliphatic hydroxyl groups is 1. The second kappa shape index (κ2) is 4.72. The minimum Gasteiger partial charge on any atom is -0.479 e. The monoisotopic (exact) mass is 243 g/mol. The lowest BCUT2D eigenvalue weighted by molar-refractivity contribution is -0.155. The Balaban J connectivity index is 2.76. The van der Waals surface area contributed by atoms with Crippen LogP contribution < -0.4 is 5.32 Å². The van der Waals surface area contributed by atoms with E-state index in [0.29, 0.717) is 10.7 Å². The summed E-state index contributed by atoms with van der Waals surface area (Å²) in [6.45, 7) is 2.98. The van der Waals surface area contributed by atoms with Gasteiger partial charge in [-0.05, 0) is 31.5 Å². The van der Waals surface area contributed by atoms with Gasteiger partial charge in [-0.2, -0.15) is 0 Å². The van der Waals surface area contributed by atoms with Crippen LogP contribution in [-0.2, 0) is 4.79 Å². The molecule has 0 heterocycles. The smallest absolute Gasteiger partial charge is 0.337 e. The van der Waals surface area contributed by atoms with Gasteiger partial charge in [0, 0.05) is 10.7 Å². The van der Waals surface area contributed by atoms with Gasteiger partial charge in [-0.25, -0.2) is 4.79 Å². The standard InChI is InChI=1S/C11H14ClNO3/c1-7-8(12)4-3-5-9(7)13-6-11(2,16)10(14)15/h3-5,13,16H,6H2,1-2H3,(H,14,15). The van der Waals surface area contributed by atoms with Crippen LogP contribution in [0, 0.1) is 6.92 Å². The van der Waals surface area contributed by atoms with Gasteiger partial charge in [0.2, 0.25) is 0 Å². The molecule has 1 rings (SSSR count). The first-order valence-corrected chi connectivity index (χ1v) is 5.17. The molecule has 1 aromatic carbocycles. The van der Waals surface area contributed by atoms with Crippen LogP contribution in [0.5, 0.6) is 0 Å². The summed E-state index contributed by atoms with van der Waals surface area (Å²) in [6.07, 6.45) is 0. The molecule has 1 atom stereocenters. The molecule has 16 heavy (non-hydrogen) atoms. The summed E-state index contributed by atoms with van der Waals surface area (Å²) >= 11 is 5.91. The van der Waals surface area contributed by atoms with Gasteiger partial charge in [-0.1, -0.05) is 17.7 Å². The van der Waals surface area contributed by atoms with Crippen LogP contribution in [0.1, 0.15) is 12.5 Å². The van der Waals surface area contributed by atoms with Crippen molar-refractivity contribution >= 4 is 23.3 Å². The zero-order valence-electron chi connectivity index (χ0n) is 9.12. The molecule has 4 nitrogen and oxygen atoms in total. The molecule has 0 aromatic heterocycles. The molecular formula is C11H14ClNO3. The Morgan fingerprint density at radius 1 is 1.56 bits per heavy atom. The highest BCUT2D eigenvalue weighted by molar-refractivity contribution is 6.31. The zero-order chi connectivity index (χ0) is 12.3. The average molecular weight is 244 g/mol. The lowest BCUT2D eigenvalue weighted by atomic mass is 10.1. The number of hydrogen-bond acceptors (Lipinski definition) is 3.